The van der Waals surface area contributed by atoms with Crippen LogP contribution in [0, 0.1) is 0 Å². The van der Waals surface area contributed by atoms with Gasteiger partial charge in [-0.05, 0) is 43.0 Å². The zero-order valence-electron chi connectivity index (χ0n) is 19.5. The van der Waals surface area contributed by atoms with Crippen LogP contribution in [0.15, 0.2) is 54.4 Å². The second kappa shape index (κ2) is 11.5. The van der Waals surface area contributed by atoms with E-state index in [4.69, 9.17) is 9.47 Å². The van der Waals surface area contributed by atoms with Gasteiger partial charge in [-0.25, -0.2) is 9.78 Å². The number of aromatic nitrogens is 1. The molecule has 178 valence electrons. The molecule has 7 nitrogen and oxygen atoms in total. The Labute approximate surface area is 203 Å². The standard InChI is InChI=1S/C26H28N2O5S/c1-17(2)24-21(32-3)13-19(14-22(24)33-4)25(29)28(12-8-11-18-9-6-5-7-10-18)15-23-27-20(16-34-23)26(30)31/h5-7,9-10,13-14,16H,1,8,11-12,15H2,2-4H3,(H,30,31). The topological polar surface area (TPSA) is 89.0 Å². The van der Waals surface area contributed by atoms with Gasteiger partial charge in [0.25, 0.3) is 5.91 Å². The number of methoxy groups -OCH3 is 2. The van der Waals surface area contributed by atoms with Crippen molar-refractivity contribution < 1.29 is 24.2 Å². The number of nitrogens with zero attached hydrogens (tertiary/aromatic N) is 2. The Morgan fingerprint density at radius 3 is 2.29 bits per heavy atom. The number of carboxylic acids is 1. The Kier molecular flexibility index (Phi) is 8.43. The quantitative estimate of drug-likeness (QED) is 0.407. The van der Waals surface area contributed by atoms with Gasteiger partial charge in [0.15, 0.2) is 5.69 Å². The van der Waals surface area contributed by atoms with Crippen LogP contribution >= 0.6 is 11.3 Å². The summed E-state index contributed by atoms with van der Waals surface area (Å²) in [5, 5.41) is 11.2. The number of hydrogen-bond acceptors (Lipinski definition) is 6. The Morgan fingerprint density at radius 1 is 1.12 bits per heavy atom. The van der Waals surface area contributed by atoms with Gasteiger partial charge in [-0.15, -0.1) is 11.3 Å². The number of hydrogen-bond donors (Lipinski definition) is 1. The third kappa shape index (κ3) is 6.02. The van der Waals surface area contributed by atoms with Crippen molar-refractivity contribution in [2.45, 2.75) is 26.3 Å². The normalized spacial score (nSPS) is 10.6. The number of carboxylic acid groups (broad SMARTS) is 1. The van der Waals surface area contributed by atoms with E-state index in [1.165, 1.54) is 36.5 Å². The molecule has 34 heavy (non-hydrogen) atoms. The van der Waals surface area contributed by atoms with E-state index in [2.05, 4.69) is 23.7 Å². The van der Waals surface area contributed by atoms with Crippen molar-refractivity contribution >= 4 is 28.8 Å². The highest BCUT2D eigenvalue weighted by Crippen LogP contribution is 2.36. The van der Waals surface area contributed by atoms with Crippen molar-refractivity contribution in [1.29, 1.82) is 0 Å². The van der Waals surface area contributed by atoms with Crippen LogP contribution in [-0.4, -0.2) is 47.6 Å². The van der Waals surface area contributed by atoms with Crippen molar-refractivity contribution in [3.63, 3.8) is 0 Å². The molecule has 0 saturated heterocycles. The average Bonchev–Trinajstić information content (AvgIpc) is 3.31. The third-order valence-corrected chi connectivity index (χ3v) is 6.13. The lowest BCUT2D eigenvalue weighted by molar-refractivity contribution is 0.0691. The number of benzene rings is 2. The minimum absolute atomic E-state index is 0.0224. The lowest BCUT2D eigenvalue weighted by Gasteiger charge is -2.23. The van der Waals surface area contributed by atoms with Crippen LogP contribution in [0.3, 0.4) is 0 Å². The molecule has 0 bridgehead atoms. The van der Waals surface area contributed by atoms with Gasteiger partial charge in [-0.3, -0.25) is 4.79 Å². The third-order valence-electron chi connectivity index (χ3n) is 5.30. The van der Waals surface area contributed by atoms with E-state index in [1.54, 1.807) is 17.0 Å². The predicted octanol–water partition coefficient (Wildman–Crippen LogP) is 5.17. The van der Waals surface area contributed by atoms with E-state index in [-0.39, 0.29) is 18.1 Å². The van der Waals surface area contributed by atoms with E-state index < -0.39 is 5.97 Å². The summed E-state index contributed by atoms with van der Waals surface area (Å²) < 4.78 is 11.0. The highest BCUT2D eigenvalue weighted by molar-refractivity contribution is 7.09. The summed E-state index contributed by atoms with van der Waals surface area (Å²) >= 11 is 1.22. The minimum Gasteiger partial charge on any atom is -0.496 e. The molecule has 8 heteroatoms. The van der Waals surface area contributed by atoms with Crippen LogP contribution in [0.25, 0.3) is 5.57 Å². The van der Waals surface area contributed by atoms with E-state index in [0.29, 0.717) is 34.2 Å². The number of carbonyl (C=O) groups excluding carboxylic acids is 1. The number of aromatic carboxylic acids is 1. The molecule has 1 N–H and O–H groups in total. The Hall–Kier alpha value is -3.65. The lowest BCUT2D eigenvalue weighted by atomic mass is 10.0. The molecule has 0 fully saturated rings. The molecule has 0 radical (unpaired) electrons. The average molecular weight is 481 g/mol. The largest absolute Gasteiger partial charge is 0.496 e. The summed E-state index contributed by atoms with van der Waals surface area (Å²) in [5.74, 6) is -0.303. The number of ether oxygens (including phenoxy) is 2. The molecule has 1 heterocycles. The summed E-state index contributed by atoms with van der Waals surface area (Å²) in [6.07, 6.45) is 1.55. The number of carbonyl (C=O) groups is 2. The molecule has 2 aromatic carbocycles. The number of amides is 1. The smallest absolute Gasteiger partial charge is 0.355 e. The first-order chi connectivity index (χ1) is 16.3. The van der Waals surface area contributed by atoms with E-state index in [9.17, 15) is 14.7 Å². The van der Waals surface area contributed by atoms with Gasteiger partial charge in [0.2, 0.25) is 0 Å². The highest BCUT2D eigenvalue weighted by atomic mass is 32.1. The van der Waals surface area contributed by atoms with Crippen LogP contribution < -0.4 is 9.47 Å². The summed E-state index contributed by atoms with van der Waals surface area (Å²) in [7, 11) is 3.08. The van der Waals surface area contributed by atoms with Crippen molar-refractivity contribution in [2.24, 2.45) is 0 Å². The molecule has 0 saturated carbocycles. The fraction of sp³-hybridized carbons (Fsp3) is 0.269. The maximum Gasteiger partial charge on any atom is 0.355 e. The van der Waals surface area contributed by atoms with Gasteiger partial charge < -0.3 is 19.5 Å². The molecule has 0 aliphatic heterocycles. The highest BCUT2D eigenvalue weighted by Gasteiger charge is 2.22. The number of aryl methyl sites for hydroxylation is 1. The molecular formula is C26H28N2O5S. The maximum atomic E-state index is 13.6. The van der Waals surface area contributed by atoms with Crippen molar-refractivity contribution in [3.05, 3.63) is 81.8 Å². The Morgan fingerprint density at radius 2 is 1.76 bits per heavy atom. The monoisotopic (exact) mass is 480 g/mol. The number of thiazole rings is 1. The van der Waals surface area contributed by atoms with Gasteiger partial charge in [0.05, 0.1) is 26.3 Å². The fourth-order valence-corrected chi connectivity index (χ4v) is 4.44. The molecule has 0 aliphatic rings. The fourth-order valence-electron chi connectivity index (χ4n) is 3.65. The molecule has 0 aliphatic carbocycles. The minimum atomic E-state index is -1.09. The second-order valence-electron chi connectivity index (χ2n) is 7.78. The van der Waals surface area contributed by atoms with Crippen molar-refractivity contribution in [2.75, 3.05) is 20.8 Å². The van der Waals surface area contributed by atoms with Gasteiger partial charge in [-0.1, -0.05) is 36.9 Å². The van der Waals surface area contributed by atoms with Crippen LogP contribution in [0.2, 0.25) is 0 Å². The molecule has 1 aromatic heterocycles. The molecule has 0 atom stereocenters. The SMILES string of the molecule is C=C(C)c1c(OC)cc(C(=O)N(CCCc2ccccc2)Cc2nc(C(=O)O)cs2)cc1OC. The van der Waals surface area contributed by atoms with Crippen molar-refractivity contribution in [3.8, 4) is 11.5 Å². The van der Waals surface area contributed by atoms with E-state index in [1.807, 2.05) is 25.1 Å². The molecule has 1 amide bonds. The molecular weight excluding hydrogens is 452 g/mol. The summed E-state index contributed by atoms with van der Waals surface area (Å²) in [6.45, 7) is 6.51. The molecule has 0 spiro atoms. The molecule has 3 aromatic rings. The Balaban J connectivity index is 1.89. The number of rotatable bonds is 11. The summed E-state index contributed by atoms with van der Waals surface area (Å²) in [4.78, 5) is 30.7. The van der Waals surface area contributed by atoms with E-state index >= 15 is 0 Å². The van der Waals surface area contributed by atoms with Gasteiger partial charge in [-0.2, -0.15) is 0 Å². The first-order valence-corrected chi connectivity index (χ1v) is 11.6. The molecule has 3 rings (SSSR count). The van der Waals surface area contributed by atoms with E-state index in [0.717, 1.165) is 18.4 Å². The van der Waals surface area contributed by atoms with Crippen LogP contribution in [0.5, 0.6) is 11.5 Å². The van der Waals surface area contributed by atoms with Crippen LogP contribution in [0.1, 0.15) is 50.3 Å². The lowest BCUT2D eigenvalue weighted by Crippen LogP contribution is -2.32. The Bertz CT molecular complexity index is 1150. The zero-order valence-corrected chi connectivity index (χ0v) is 20.4. The molecule has 0 unspecified atom stereocenters. The summed E-state index contributed by atoms with van der Waals surface area (Å²) in [6, 6.07) is 13.4. The number of allylic oxidation sites excluding steroid dienone is 1. The first kappa shape index (κ1) is 25.0. The van der Waals surface area contributed by atoms with Gasteiger partial charge >= 0.3 is 5.97 Å². The van der Waals surface area contributed by atoms with Gasteiger partial charge in [0.1, 0.15) is 16.5 Å². The van der Waals surface area contributed by atoms with Crippen LogP contribution in [-0.2, 0) is 13.0 Å². The van der Waals surface area contributed by atoms with Gasteiger partial charge in [0, 0.05) is 17.5 Å². The van der Waals surface area contributed by atoms with Crippen LogP contribution in [0.4, 0.5) is 0 Å². The van der Waals surface area contributed by atoms with Crippen molar-refractivity contribution in [1.82, 2.24) is 9.88 Å². The predicted molar refractivity (Wildman–Crippen MR) is 133 cm³/mol. The first-order valence-electron chi connectivity index (χ1n) is 10.8. The zero-order chi connectivity index (χ0) is 24.7. The summed E-state index contributed by atoms with van der Waals surface area (Å²) in [5.41, 5.74) is 3.05. The second-order valence-corrected chi connectivity index (χ2v) is 8.73. The maximum absolute atomic E-state index is 13.6.